The summed E-state index contributed by atoms with van der Waals surface area (Å²) in [5, 5.41) is 5.05. The van der Waals surface area contributed by atoms with E-state index in [1.807, 2.05) is 11.4 Å². The number of sulfone groups is 1. The summed E-state index contributed by atoms with van der Waals surface area (Å²) in [6, 6.07) is 4.08. The SMILES string of the molecule is NC(=NCC1CS(=O)(=O)CCO1)NCCc1cccs1. The highest BCUT2D eigenvalue weighted by Gasteiger charge is 2.25. The van der Waals surface area contributed by atoms with Gasteiger partial charge in [-0.15, -0.1) is 11.3 Å². The number of hydrogen-bond donors (Lipinski definition) is 2. The second-order valence-corrected chi connectivity index (χ2v) is 7.85. The molecule has 0 aromatic carbocycles. The lowest BCUT2D eigenvalue weighted by Crippen LogP contribution is -2.38. The highest BCUT2D eigenvalue weighted by molar-refractivity contribution is 7.91. The molecule has 0 radical (unpaired) electrons. The first kappa shape index (κ1) is 15.3. The molecule has 1 aromatic heterocycles. The number of hydrogen-bond acceptors (Lipinski definition) is 5. The zero-order valence-electron chi connectivity index (χ0n) is 11.1. The highest BCUT2D eigenvalue weighted by atomic mass is 32.2. The molecule has 112 valence electrons. The second-order valence-electron chi connectivity index (χ2n) is 4.59. The summed E-state index contributed by atoms with van der Waals surface area (Å²) in [5.41, 5.74) is 5.74. The maximum atomic E-state index is 11.4. The van der Waals surface area contributed by atoms with Gasteiger partial charge in [0.1, 0.15) is 0 Å². The quantitative estimate of drug-likeness (QED) is 0.589. The van der Waals surface area contributed by atoms with E-state index < -0.39 is 9.84 Å². The number of nitrogens with one attached hydrogen (secondary N) is 1. The molecule has 1 aliphatic heterocycles. The van der Waals surface area contributed by atoms with Crippen molar-refractivity contribution in [1.82, 2.24) is 5.32 Å². The molecule has 1 aromatic rings. The van der Waals surface area contributed by atoms with Gasteiger partial charge in [0.05, 0.1) is 30.8 Å². The van der Waals surface area contributed by atoms with Crippen LogP contribution in [0.3, 0.4) is 0 Å². The third-order valence-electron chi connectivity index (χ3n) is 2.91. The predicted molar refractivity (Wildman–Crippen MR) is 80.9 cm³/mol. The second kappa shape index (κ2) is 7.05. The molecule has 0 saturated carbocycles. The van der Waals surface area contributed by atoms with Gasteiger partial charge in [-0.3, -0.25) is 4.99 Å². The number of guanidine groups is 1. The lowest BCUT2D eigenvalue weighted by molar-refractivity contribution is 0.0783. The van der Waals surface area contributed by atoms with Crippen LogP contribution < -0.4 is 11.1 Å². The third-order valence-corrected chi connectivity index (χ3v) is 5.52. The van der Waals surface area contributed by atoms with Crippen molar-refractivity contribution in [3.05, 3.63) is 22.4 Å². The Morgan fingerprint density at radius 1 is 1.60 bits per heavy atom. The minimum absolute atomic E-state index is 0.0268. The Bertz CT molecular complexity index is 540. The molecule has 6 nitrogen and oxygen atoms in total. The van der Waals surface area contributed by atoms with Crippen LogP contribution in [0.25, 0.3) is 0 Å². The summed E-state index contributed by atoms with van der Waals surface area (Å²) in [6.07, 6.45) is 0.508. The topological polar surface area (TPSA) is 93.8 Å². The van der Waals surface area contributed by atoms with E-state index >= 15 is 0 Å². The van der Waals surface area contributed by atoms with Crippen LogP contribution in [0, 0.1) is 0 Å². The molecule has 1 fully saturated rings. The van der Waals surface area contributed by atoms with E-state index in [1.54, 1.807) is 11.3 Å². The summed E-state index contributed by atoms with van der Waals surface area (Å²) in [7, 11) is -2.98. The largest absolute Gasteiger partial charge is 0.374 e. The van der Waals surface area contributed by atoms with Crippen LogP contribution in [0.1, 0.15) is 4.88 Å². The smallest absolute Gasteiger partial charge is 0.188 e. The molecule has 0 spiro atoms. The van der Waals surface area contributed by atoms with Gasteiger partial charge in [0, 0.05) is 11.4 Å². The summed E-state index contributed by atoms with van der Waals surface area (Å²) >= 11 is 1.70. The van der Waals surface area contributed by atoms with Crippen LogP contribution in [-0.2, 0) is 21.0 Å². The van der Waals surface area contributed by atoms with Crippen LogP contribution in [-0.4, -0.2) is 51.7 Å². The van der Waals surface area contributed by atoms with Gasteiger partial charge in [-0.1, -0.05) is 6.07 Å². The number of nitrogens with zero attached hydrogens (tertiary/aromatic N) is 1. The Hall–Kier alpha value is -1.12. The van der Waals surface area contributed by atoms with Crippen LogP contribution in [0.5, 0.6) is 0 Å². The van der Waals surface area contributed by atoms with Crippen LogP contribution in [0.4, 0.5) is 0 Å². The van der Waals surface area contributed by atoms with Crippen LogP contribution in [0.2, 0.25) is 0 Å². The molecule has 3 N–H and O–H groups in total. The van der Waals surface area contributed by atoms with Gasteiger partial charge in [-0.2, -0.15) is 0 Å². The molecular formula is C12H19N3O3S2. The Morgan fingerprint density at radius 3 is 3.15 bits per heavy atom. The Labute approximate surface area is 123 Å². The monoisotopic (exact) mass is 317 g/mol. The molecule has 1 atom stereocenters. The lowest BCUT2D eigenvalue weighted by atomic mass is 10.3. The van der Waals surface area contributed by atoms with Gasteiger partial charge < -0.3 is 15.8 Å². The van der Waals surface area contributed by atoms with E-state index in [0.29, 0.717) is 12.5 Å². The maximum Gasteiger partial charge on any atom is 0.188 e. The van der Waals surface area contributed by atoms with E-state index in [0.717, 1.165) is 6.42 Å². The fourth-order valence-corrected chi connectivity index (χ4v) is 3.88. The minimum Gasteiger partial charge on any atom is -0.374 e. The average Bonchev–Trinajstić information content (AvgIpc) is 2.88. The van der Waals surface area contributed by atoms with Gasteiger partial charge in [0.25, 0.3) is 0 Å². The number of aliphatic imine (C=N–C) groups is 1. The van der Waals surface area contributed by atoms with E-state index in [1.165, 1.54) is 4.88 Å². The molecule has 1 aliphatic rings. The Morgan fingerprint density at radius 2 is 2.45 bits per heavy atom. The predicted octanol–water partition coefficient (Wildman–Crippen LogP) is 0.00850. The summed E-state index contributed by atoms with van der Waals surface area (Å²) in [4.78, 5) is 5.41. The van der Waals surface area contributed by atoms with Crippen molar-refractivity contribution in [2.45, 2.75) is 12.5 Å². The Kier molecular flexibility index (Phi) is 5.38. The normalized spacial score (nSPS) is 22.6. The number of rotatable bonds is 5. The molecule has 20 heavy (non-hydrogen) atoms. The van der Waals surface area contributed by atoms with E-state index in [4.69, 9.17) is 10.5 Å². The molecule has 0 bridgehead atoms. The fraction of sp³-hybridized carbons (Fsp3) is 0.583. The first-order valence-corrected chi connectivity index (χ1v) is 9.13. The molecule has 0 amide bonds. The van der Waals surface area contributed by atoms with E-state index in [2.05, 4.69) is 16.4 Å². The molecule has 2 heterocycles. The van der Waals surface area contributed by atoms with Crippen molar-refractivity contribution in [3.8, 4) is 0 Å². The number of ether oxygens (including phenoxy) is 1. The standard InChI is InChI=1S/C12H19N3O3S2/c13-12(14-4-3-11-2-1-6-19-11)15-8-10-9-20(16,17)7-5-18-10/h1-2,6,10H,3-5,7-9H2,(H3,13,14,15). The van der Waals surface area contributed by atoms with Crippen molar-refractivity contribution in [2.24, 2.45) is 10.7 Å². The first-order valence-electron chi connectivity index (χ1n) is 6.43. The van der Waals surface area contributed by atoms with Crippen LogP contribution in [0.15, 0.2) is 22.5 Å². The van der Waals surface area contributed by atoms with Crippen molar-refractivity contribution >= 4 is 27.1 Å². The highest BCUT2D eigenvalue weighted by Crippen LogP contribution is 2.08. The number of nitrogens with two attached hydrogens (primary N) is 1. The zero-order chi connectivity index (χ0) is 14.4. The van der Waals surface area contributed by atoms with Gasteiger partial charge in [-0.25, -0.2) is 8.42 Å². The summed E-state index contributed by atoms with van der Waals surface area (Å²) < 4.78 is 28.2. The van der Waals surface area contributed by atoms with Crippen molar-refractivity contribution in [2.75, 3.05) is 31.2 Å². The molecule has 2 rings (SSSR count). The van der Waals surface area contributed by atoms with Crippen molar-refractivity contribution in [1.29, 1.82) is 0 Å². The van der Waals surface area contributed by atoms with E-state index in [9.17, 15) is 8.42 Å². The molecule has 0 aliphatic carbocycles. The molecule has 8 heteroatoms. The van der Waals surface area contributed by atoms with Gasteiger partial charge in [0.15, 0.2) is 15.8 Å². The zero-order valence-corrected chi connectivity index (χ0v) is 12.8. The van der Waals surface area contributed by atoms with E-state index in [-0.39, 0.29) is 30.8 Å². The first-order chi connectivity index (χ1) is 9.55. The minimum atomic E-state index is -2.98. The lowest BCUT2D eigenvalue weighted by Gasteiger charge is -2.21. The summed E-state index contributed by atoms with van der Waals surface area (Å²) in [6.45, 7) is 1.23. The van der Waals surface area contributed by atoms with Crippen molar-refractivity contribution in [3.63, 3.8) is 0 Å². The maximum absolute atomic E-state index is 11.4. The molecule has 1 unspecified atom stereocenters. The Balaban J connectivity index is 1.70. The van der Waals surface area contributed by atoms with Gasteiger partial charge in [0.2, 0.25) is 0 Å². The fourth-order valence-electron chi connectivity index (χ4n) is 1.89. The van der Waals surface area contributed by atoms with Crippen LogP contribution >= 0.6 is 11.3 Å². The van der Waals surface area contributed by atoms with Crippen molar-refractivity contribution < 1.29 is 13.2 Å². The van der Waals surface area contributed by atoms with Gasteiger partial charge in [-0.05, 0) is 17.9 Å². The van der Waals surface area contributed by atoms with Gasteiger partial charge >= 0.3 is 0 Å². The number of thiophene rings is 1. The average molecular weight is 317 g/mol. The third kappa shape index (κ3) is 5.10. The summed E-state index contributed by atoms with van der Waals surface area (Å²) in [5.74, 6) is 0.453. The molecule has 1 saturated heterocycles. The molecular weight excluding hydrogens is 298 g/mol.